The van der Waals surface area contributed by atoms with Gasteiger partial charge in [0.1, 0.15) is 0 Å². The Morgan fingerprint density at radius 2 is 2.00 bits per heavy atom. The summed E-state index contributed by atoms with van der Waals surface area (Å²) in [6.07, 6.45) is 1.19. The van der Waals surface area contributed by atoms with Crippen LogP contribution in [-0.2, 0) is 6.54 Å². The molecule has 1 heterocycles. The molecule has 1 atom stereocenters. The minimum atomic E-state index is -0.865. The van der Waals surface area contributed by atoms with Gasteiger partial charge in [-0.25, -0.2) is 4.79 Å². The summed E-state index contributed by atoms with van der Waals surface area (Å²) < 4.78 is 0. The molecule has 0 radical (unpaired) electrons. The van der Waals surface area contributed by atoms with E-state index in [0.29, 0.717) is 11.6 Å². The Morgan fingerprint density at radius 3 is 2.63 bits per heavy atom. The number of nitrogens with zero attached hydrogens (tertiary/aromatic N) is 2. The van der Waals surface area contributed by atoms with Crippen molar-refractivity contribution in [3.63, 3.8) is 0 Å². The summed E-state index contributed by atoms with van der Waals surface area (Å²) >= 11 is 0. The molecule has 2 rings (SSSR count). The summed E-state index contributed by atoms with van der Waals surface area (Å²) in [7, 11) is 2.17. The molecule has 104 valence electrons. The Bertz CT molecular complexity index is 430. The van der Waals surface area contributed by atoms with E-state index in [9.17, 15) is 4.79 Å². The second-order valence-electron chi connectivity index (χ2n) is 5.44. The maximum Gasteiger partial charge on any atom is 0.335 e. The highest BCUT2D eigenvalue weighted by molar-refractivity contribution is 5.87. The van der Waals surface area contributed by atoms with Crippen molar-refractivity contribution in [3.05, 3.63) is 35.4 Å². The SMILES string of the molecule is CC1CN(C)CCCN1Cc1ccc(C(=O)O)cc1. The average Bonchev–Trinajstić information content (AvgIpc) is 2.52. The van der Waals surface area contributed by atoms with Crippen LogP contribution in [0.25, 0.3) is 0 Å². The smallest absolute Gasteiger partial charge is 0.335 e. The Balaban J connectivity index is 2.01. The standard InChI is InChI=1S/C15H22N2O2/c1-12-10-16(2)8-3-9-17(12)11-13-4-6-14(7-5-13)15(18)19/h4-7,12H,3,8-11H2,1-2H3,(H,18,19). The van der Waals surface area contributed by atoms with Crippen LogP contribution in [0.4, 0.5) is 0 Å². The molecule has 1 aliphatic heterocycles. The molecular weight excluding hydrogens is 240 g/mol. The molecule has 19 heavy (non-hydrogen) atoms. The summed E-state index contributed by atoms with van der Waals surface area (Å²) in [6.45, 7) is 6.50. The van der Waals surface area contributed by atoms with Gasteiger partial charge in [-0.05, 0) is 44.6 Å². The third-order valence-electron chi connectivity index (χ3n) is 3.77. The quantitative estimate of drug-likeness (QED) is 0.903. The first-order valence-corrected chi connectivity index (χ1v) is 6.81. The first-order chi connectivity index (χ1) is 9.06. The molecule has 0 spiro atoms. The largest absolute Gasteiger partial charge is 0.478 e. The molecule has 1 aromatic carbocycles. The number of hydrogen-bond acceptors (Lipinski definition) is 3. The minimum Gasteiger partial charge on any atom is -0.478 e. The van der Waals surface area contributed by atoms with Crippen molar-refractivity contribution in [3.8, 4) is 0 Å². The average molecular weight is 262 g/mol. The Kier molecular flexibility index (Phi) is 4.56. The number of likely N-dealkylation sites (N-methyl/N-ethyl adjacent to an activating group) is 1. The summed E-state index contributed by atoms with van der Waals surface area (Å²) in [5.41, 5.74) is 1.54. The van der Waals surface area contributed by atoms with Crippen LogP contribution in [0.5, 0.6) is 0 Å². The van der Waals surface area contributed by atoms with E-state index >= 15 is 0 Å². The molecule has 1 N–H and O–H groups in total. The number of carboxylic acids is 1. The van der Waals surface area contributed by atoms with E-state index in [1.54, 1.807) is 12.1 Å². The lowest BCUT2D eigenvalue weighted by atomic mass is 10.1. The second-order valence-corrected chi connectivity index (χ2v) is 5.44. The van der Waals surface area contributed by atoms with Crippen LogP contribution < -0.4 is 0 Å². The highest BCUT2D eigenvalue weighted by Gasteiger charge is 2.19. The van der Waals surface area contributed by atoms with E-state index in [1.807, 2.05) is 12.1 Å². The molecule has 0 aromatic heterocycles. The summed E-state index contributed by atoms with van der Waals surface area (Å²) in [5.74, 6) is -0.865. The number of carbonyl (C=O) groups is 1. The Hall–Kier alpha value is -1.39. The van der Waals surface area contributed by atoms with Gasteiger partial charge in [-0.15, -0.1) is 0 Å². The topological polar surface area (TPSA) is 43.8 Å². The van der Waals surface area contributed by atoms with Gasteiger partial charge < -0.3 is 10.0 Å². The third-order valence-corrected chi connectivity index (χ3v) is 3.77. The number of aromatic carboxylic acids is 1. The number of hydrogen-bond donors (Lipinski definition) is 1. The van der Waals surface area contributed by atoms with Crippen molar-refractivity contribution >= 4 is 5.97 Å². The van der Waals surface area contributed by atoms with E-state index in [-0.39, 0.29) is 0 Å². The zero-order valence-electron chi connectivity index (χ0n) is 11.7. The predicted molar refractivity (Wildman–Crippen MR) is 75.4 cm³/mol. The molecule has 4 nitrogen and oxygen atoms in total. The molecule has 4 heteroatoms. The molecule has 1 aliphatic rings. The van der Waals surface area contributed by atoms with Crippen LogP contribution in [0.2, 0.25) is 0 Å². The molecule has 0 aliphatic carbocycles. The Morgan fingerprint density at radius 1 is 1.32 bits per heavy atom. The lowest BCUT2D eigenvalue weighted by Gasteiger charge is -2.27. The van der Waals surface area contributed by atoms with E-state index < -0.39 is 5.97 Å². The van der Waals surface area contributed by atoms with Crippen molar-refractivity contribution in [2.45, 2.75) is 25.9 Å². The summed E-state index contributed by atoms with van der Waals surface area (Å²) in [5, 5.41) is 8.89. The van der Waals surface area contributed by atoms with Crippen LogP contribution in [-0.4, -0.2) is 53.6 Å². The maximum atomic E-state index is 10.8. The number of rotatable bonds is 3. The van der Waals surface area contributed by atoms with Crippen molar-refractivity contribution < 1.29 is 9.90 Å². The molecule has 1 saturated heterocycles. The molecule has 1 aromatic rings. The lowest BCUT2D eigenvalue weighted by molar-refractivity contribution is 0.0697. The van der Waals surface area contributed by atoms with Gasteiger partial charge in [-0.1, -0.05) is 12.1 Å². The van der Waals surface area contributed by atoms with Crippen molar-refractivity contribution in [2.75, 3.05) is 26.7 Å². The van der Waals surface area contributed by atoms with E-state index in [4.69, 9.17) is 5.11 Å². The van der Waals surface area contributed by atoms with Crippen LogP contribution in [0.1, 0.15) is 29.3 Å². The van der Waals surface area contributed by atoms with Crippen LogP contribution in [0, 0.1) is 0 Å². The highest BCUT2D eigenvalue weighted by atomic mass is 16.4. The van der Waals surface area contributed by atoms with Crippen molar-refractivity contribution in [1.82, 2.24) is 9.80 Å². The van der Waals surface area contributed by atoms with Gasteiger partial charge in [0.15, 0.2) is 0 Å². The third kappa shape index (κ3) is 3.78. The second kappa shape index (κ2) is 6.17. The first-order valence-electron chi connectivity index (χ1n) is 6.81. The fourth-order valence-corrected chi connectivity index (χ4v) is 2.64. The zero-order chi connectivity index (χ0) is 13.8. The molecule has 0 bridgehead atoms. The van der Waals surface area contributed by atoms with Crippen LogP contribution in [0.3, 0.4) is 0 Å². The number of benzene rings is 1. The van der Waals surface area contributed by atoms with E-state index in [1.165, 1.54) is 12.0 Å². The molecule has 1 fully saturated rings. The monoisotopic (exact) mass is 262 g/mol. The van der Waals surface area contributed by atoms with Gasteiger partial charge in [0, 0.05) is 25.7 Å². The first kappa shape index (κ1) is 14.0. The van der Waals surface area contributed by atoms with Gasteiger partial charge in [-0.2, -0.15) is 0 Å². The molecular formula is C15H22N2O2. The van der Waals surface area contributed by atoms with Gasteiger partial charge in [0.25, 0.3) is 0 Å². The fraction of sp³-hybridized carbons (Fsp3) is 0.533. The van der Waals surface area contributed by atoms with Gasteiger partial charge in [0.05, 0.1) is 5.56 Å². The van der Waals surface area contributed by atoms with Crippen LogP contribution >= 0.6 is 0 Å². The van der Waals surface area contributed by atoms with Crippen molar-refractivity contribution in [1.29, 1.82) is 0 Å². The van der Waals surface area contributed by atoms with Gasteiger partial charge in [0.2, 0.25) is 0 Å². The lowest BCUT2D eigenvalue weighted by Crippen LogP contribution is -2.37. The maximum absolute atomic E-state index is 10.8. The zero-order valence-corrected chi connectivity index (χ0v) is 11.7. The molecule has 0 amide bonds. The molecule has 1 unspecified atom stereocenters. The summed E-state index contributed by atoms with van der Waals surface area (Å²) in [6, 6.07) is 7.75. The normalized spacial score (nSPS) is 22.1. The fourth-order valence-electron chi connectivity index (χ4n) is 2.64. The molecule has 0 saturated carbocycles. The predicted octanol–water partition coefficient (Wildman–Crippen LogP) is 1.91. The minimum absolute atomic E-state index is 0.354. The number of carboxylic acid groups (broad SMARTS) is 1. The van der Waals surface area contributed by atoms with E-state index in [0.717, 1.165) is 26.2 Å². The van der Waals surface area contributed by atoms with E-state index in [2.05, 4.69) is 23.8 Å². The van der Waals surface area contributed by atoms with Crippen LogP contribution in [0.15, 0.2) is 24.3 Å². The summed E-state index contributed by atoms with van der Waals surface area (Å²) in [4.78, 5) is 15.7. The highest BCUT2D eigenvalue weighted by Crippen LogP contribution is 2.14. The Labute approximate surface area is 114 Å². The van der Waals surface area contributed by atoms with Gasteiger partial charge in [-0.3, -0.25) is 4.90 Å². The van der Waals surface area contributed by atoms with Crippen molar-refractivity contribution in [2.24, 2.45) is 0 Å². The van der Waals surface area contributed by atoms with Gasteiger partial charge >= 0.3 is 5.97 Å².